The van der Waals surface area contributed by atoms with Crippen LogP contribution in [0.5, 0.6) is 0 Å². The van der Waals surface area contributed by atoms with Gasteiger partial charge in [-0.25, -0.2) is 4.98 Å². The Hall–Kier alpha value is -2.13. The predicted octanol–water partition coefficient (Wildman–Crippen LogP) is 1.52. The van der Waals surface area contributed by atoms with Crippen LogP contribution in [0.15, 0.2) is 18.3 Å². The minimum absolute atomic E-state index is 0.0770. The fraction of sp³-hybridized carbons (Fsp3) is 0.611. The van der Waals surface area contributed by atoms with Gasteiger partial charge in [0.1, 0.15) is 11.8 Å². The fourth-order valence-corrected chi connectivity index (χ4v) is 3.56. The molecule has 1 aromatic rings. The van der Waals surface area contributed by atoms with Gasteiger partial charge in [-0.15, -0.1) is 0 Å². The summed E-state index contributed by atoms with van der Waals surface area (Å²) >= 11 is 0. The Morgan fingerprint density at radius 3 is 2.58 bits per heavy atom. The van der Waals surface area contributed by atoms with Gasteiger partial charge >= 0.3 is 0 Å². The number of hydrogen-bond acceptors (Lipinski definition) is 5. The highest BCUT2D eigenvalue weighted by Gasteiger charge is 2.27. The third-order valence-corrected chi connectivity index (χ3v) is 5.17. The molecule has 1 atom stereocenters. The van der Waals surface area contributed by atoms with Crippen molar-refractivity contribution in [2.45, 2.75) is 44.7 Å². The Kier molecular flexibility index (Phi) is 5.31. The number of nitrogens with zero attached hydrogens (tertiary/aromatic N) is 4. The van der Waals surface area contributed by atoms with E-state index in [4.69, 9.17) is 5.26 Å². The lowest BCUT2D eigenvalue weighted by Gasteiger charge is -2.38. The van der Waals surface area contributed by atoms with Crippen LogP contribution in [0.1, 0.15) is 38.3 Å². The molecule has 1 unspecified atom stereocenters. The molecule has 1 saturated carbocycles. The van der Waals surface area contributed by atoms with Gasteiger partial charge in [0.15, 0.2) is 0 Å². The molecule has 128 valence electrons. The average Bonchev–Trinajstić information content (AvgIpc) is 3.14. The van der Waals surface area contributed by atoms with Crippen molar-refractivity contribution in [3.63, 3.8) is 0 Å². The lowest BCUT2D eigenvalue weighted by molar-refractivity contribution is -0.126. The van der Waals surface area contributed by atoms with Gasteiger partial charge in [-0.1, -0.05) is 12.8 Å². The maximum absolute atomic E-state index is 12.4. The van der Waals surface area contributed by atoms with Crippen molar-refractivity contribution in [2.75, 3.05) is 31.1 Å². The van der Waals surface area contributed by atoms with Crippen molar-refractivity contribution in [1.82, 2.24) is 15.2 Å². The van der Waals surface area contributed by atoms with E-state index in [9.17, 15) is 4.79 Å². The largest absolute Gasteiger partial charge is 0.368 e. The Bertz CT molecular complexity index is 595. The summed E-state index contributed by atoms with van der Waals surface area (Å²) in [5.74, 6) is 0.162. The smallest absolute Gasteiger partial charge is 0.237 e. The molecule has 3 rings (SSSR count). The van der Waals surface area contributed by atoms with E-state index in [0.717, 1.165) is 44.7 Å². The van der Waals surface area contributed by atoms with Gasteiger partial charge < -0.3 is 10.2 Å². The molecule has 0 radical (unpaired) electrons. The molecule has 1 aliphatic heterocycles. The van der Waals surface area contributed by atoms with Crippen molar-refractivity contribution in [2.24, 2.45) is 0 Å². The second-order valence-corrected chi connectivity index (χ2v) is 6.70. The summed E-state index contributed by atoms with van der Waals surface area (Å²) < 4.78 is 0. The van der Waals surface area contributed by atoms with Crippen LogP contribution in [-0.4, -0.2) is 54.1 Å². The number of hydrogen-bond donors (Lipinski definition) is 1. The molecular weight excluding hydrogens is 302 g/mol. The number of amides is 1. The molecule has 0 bridgehead atoms. The first-order valence-electron chi connectivity index (χ1n) is 8.83. The zero-order chi connectivity index (χ0) is 16.9. The van der Waals surface area contributed by atoms with Crippen molar-refractivity contribution in [3.05, 3.63) is 24.0 Å². The van der Waals surface area contributed by atoms with E-state index in [1.165, 1.54) is 12.8 Å². The van der Waals surface area contributed by atoms with Crippen molar-refractivity contribution < 1.29 is 4.79 Å². The highest BCUT2D eigenvalue weighted by Crippen LogP contribution is 2.19. The Labute approximate surface area is 143 Å². The summed E-state index contributed by atoms with van der Waals surface area (Å²) in [7, 11) is 0. The molecule has 1 amide bonds. The second kappa shape index (κ2) is 7.63. The monoisotopic (exact) mass is 327 g/mol. The lowest BCUT2D eigenvalue weighted by atomic mass is 10.1. The highest BCUT2D eigenvalue weighted by atomic mass is 16.2. The number of nitriles is 1. The molecule has 0 aromatic carbocycles. The van der Waals surface area contributed by atoms with Crippen LogP contribution in [0, 0.1) is 11.3 Å². The van der Waals surface area contributed by atoms with E-state index in [1.54, 1.807) is 12.3 Å². The van der Waals surface area contributed by atoms with Gasteiger partial charge in [-0.05, 0) is 31.9 Å². The van der Waals surface area contributed by atoms with E-state index < -0.39 is 0 Å². The highest BCUT2D eigenvalue weighted by molar-refractivity contribution is 5.81. The summed E-state index contributed by atoms with van der Waals surface area (Å²) in [4.78, 5) is 21.0. The summed E-state index contributed by atoms with van der Waals surface area (Å²) in [5, 5.41) is 12.0. The maximum atomic E-state index is 12.4. The van der Waals surface area contributed by atoms with Gasteiger partial charge in [-0.2, -0.15) is 5.26 Å². The molecular formula is C18H25N5O. The van der Waals surface area contributed by atoms with Crippen molar-refractivity contribution in [3.8, 4) is 6.07 Å². The molecule has 2 heterocycles. The first-order chi connectivity index (χ1) is 11.7. The summed E-state index contributed by atoms with van der Waals surface area (Å²) in [6.07, 6.45) is 6.47. The van der Waals surface area contributed by atoms with Crippen molar-refractivity contribution >= 4 is 11.6 Å². The average molecular weight is 327 g/mol. The Morgan fingerprint density at radius 1 is 1.29 bits per heavy atom. The molecule has 24 heavy (non-hydrogen) atoms. The Balaban J connectivity index is 1.50. The Morgan fingerprint density at radius 2 is 2.00 bits per heavy atom. The molecule has 6 heteroatoms. The molecule has 1 N–H and O–H groups in total. The third kappa shape index (κ3) is 3.85. The molecule has 0 spiro atoms. The fourth-order valence-electron chi connectivity index (χ4n) is 3.56. The number of carbonyl (C=O) groups excluding carboxylic acids is 1. The normalized spacial score (nSPS) is 20.6. The van der Waals surface area contributed by atoms with E-state index in [-0.39, 0.29) is 11.9 Å². The number of piperazine rings is 1. The number of anilines is 1. The topological polar surface area (TPSA) is 72.3 Å². The number of nitrogens with one attached hydrogen (secondary N) is 1. The van der Waals surface area contributed by atoms with E-state index in [0.29, 0.717) is 11.7 Å². The van der Waals surface area contributed by atoms with Gasteiger partial charge in [0.05, 0.1) is 17.9 Å². The van der Waals surface area contributed by atoms with Crippen molar-refractivity contribution in [1.29, 1.82) is 5.26 Å². The van der Waals surface area contributed by atoms with E-state index in [1.807, 2.05) is 19.1 Å². The molecule has 1 aromatic heterocycles. The zero-order valence-electron chi connectivity index (χ0n) is 14.2. The zero-order valence-corrected chi connectivity index (χ0v) is 14.2. The number of carbonyl (C=O) groups is 1. The van der Waals surface area contributed by atoms with Crippen LogP contribution in [0.25, 0.3) is 0 Å². The predicted molar refractivity (Wildman–Crippen MR) is 92.6 cm³/mol. The SMILES string of the molecule is CC(C(=O)NC1CCCC1)N1CCN(c2ccc(C#N)nc2)CC1. The van der Waals surface area contributed by atoms with Gasteiger partial charge in [0.2, 0.25) is 5.91 Å². The summed E-state index contributed by atoms with van der Waals surface area (Å²) in [6, 6.07) is 6.03. The van der Waals surface area contributed by atoms with Crippen LogP contribution >= 0.6 is 0 Å². The standard InChI is InChI=1S/C18H25N5O/c1-14(18(24)21-15-4-2-3-5-15)22-8-10-23(11-9-22)17-7-6-16(12-19)20-13-17/h6-7,13-15H,2-5,8-11H2,1H3,(H,21,24). The quantitative estimate of drug-likeness (QED) is 0.908. The molecule has 1 aliphatic carbocycles. The first kappa shape index (κ1) is 16.7. The van der Waals surface area contributed by atoms with Crippen LogP contribution in [0.4, 0.5) is 5.69 Å². The summed E-state index contributed by atoms with van der Waals surface area (Å²) in [6.45, 7) is 5.46. The molecule has 6 nitrogen and oxygen atoms in total. The van der Waals surface area contributed by atoms with Crippen LogP contribution in [0.2, 0.25) is 0 Å². The van der Waals surface area contributed by atoms with Gasteiger partial charge in [0, 0.05) is 32.2 Å². The van der Waals surface area contributed by atoms with E-state index in [2.05, 4.69) is 20.1 Å². The molecule has 2 fully saturated rings. The summed E-state index contributed by atoms with van der Waals surface area (Å²) in [5.41, 5.74) is 1.48. The minimum atomic E-state index is -0.0770. The van der Waals surface area contributed by atoms with Crippen LogP contribution in [0.3, 0.4) is 0 Å². The number of pyridine rings is 1. The number of aromatic nitrogens is 1. The first-order valence-corrected chi connectivity index (χ1v) is 8.83. The van der Waals surface area contributed by atoms with Crippen LogP contribution < -0.4 is 10.2 Å². The minimum Gasteiger partial charge on any atom is -0.368 e. The van der Waals surface area contributed by atoms with Crippen LogP contribution in [-0.2, 0) is 4.79 Å². The maximum Gasteiger partial charge on any atom is 0.237 e. The second-order valence-electron chi connectivity index (χ2n) is 6.70. The van der Waals surface area contributed by atoms with Gasteiger partial charge in [0.25, 0.3) is 0 Å². The molecule has 1 saturated heterocycles. The molecule has 2 aliphatic rings. The lowest BCUT2D eigenvalue weighted by Crippen LogP contribution is -2.54. The van der Waals surface area contributed by atoms with E-state index >= 15 is 0 Å². The van der Waals surface area contributed by atoms with Gasteiger partial charge in [-0.3, -0.25) is 9.69 Å². The third-order valence-electron chi connectivity index (χ3n) is 5.17. The number of rotatable bonds is 4.